The van der Waals surface area contributed by atoms with Crippen molar-refractivity contribution in [3.63, 3.8) is 0 Å². The van der Waals surface area contributed by atoms with Crippen LogP contribution in [0.25, 0.3) is 0 Å². The second kappa shape index (κ2) is 9.19. The molecule has 32 heavy (non-hydrogen) atoms. The lowest BCUT2D eigenvalue weighted by Gasteiger charge is -2.20. The fourth-order valence-corrected chi connectivity index (χ4v) is 5.49. The van der Waals surface area contributed by atoms with Crippen molar-refractivity contribution in [3.05, 3.63) is 41.7 Å². The van der Waals surface area contributed by atoms with Gasteiger partial charge in [0.1, 0.15) is 13.2 Å². The molecule has 0 spiro atoms. The van der Waals surface area contributed by atoms with E-state index in [1.54, 1.807) is 32.1 Å². The average molecular weight is 469 g/mol. The smallest absolute Gasteiger partial charge is 0.324 e. The molecule has 2 fully saturated rings. The molecule has 0 unspecified atom stereocenters. The molecule has 1 aromatic rings. The first-order chi connectivity index (χ1) is 14.9. The van der Waals surface area contributed by atoms with Gasteiger partial charge in [0, 0.05) is 12.0 Å². The number of urea groups is 1. The van der Waals surface area contributed by atoms with E-state index in [2.05, 4.69) is 5.32 Å². The van der Waals surface area contributed by atoms with E-state index in [0.29, 0.717) is 24.8 Å². The SMILES string of the molecule is CC(C)(O)COc1cc(C2(CS(=O)(=O)CC/C=C/CN3CC(=O)NC3=O)CC2)ccc1F. The summed E-state index contributed by atoms with van der Waals surface area (Å²) in [4.78, 5) is 23.9. The first-order valence-electron chi connectivity index (χ1n) is 10.5. The standard InChI is InChI=1S/C22H29FN2O6S/c1-21(2,28)14-31-18-12-16(6-7-17(18)23)22(8-9-22)15-32(29,30)11-5-3-4-10-25-13-19(26)24-20(25)27/h3-4,6-7,12,28H,5,8-11,13-15H2,1-2H3,(H,24,26,27)/b4-3+. The quantitative estimate of drug-likeness (QED) is 0.379. The normalized spacial score (nSPS) is 18.3. The lowest BCUT2D eigenvalue weighted by Crippen LogP contribution is -2.28. The van der Waals surface area contributed by atoms with Crippen molar-refractivity contribution < 1.29 is 32.2 Å². The van der Waals surface area contributed by atoms with E-state index in [0.717, 1.165) is 0 Å². The van der Waals surface area contributed by atoms with Gasteiger partial charge < -0.3 is 14.7 Å². The predicted octanol–water partition coefficient (Wildman–Crippen LogP) is 1.92. The number of amides is 3. The van der Waals surface area contributed by atoms with Gasteiger partial charge in [-0.1, -0.05) is 18.2 Å². The maximum atomic E-state index is 14.1. The largest absolute Gasteiger partial charge is 0.488 e. The molecule has 2 aliphatic rings. The molecule has 0 atom stereocenters. The summed E-state index contributed by atoms with van der Waals surface area (Å²) in [5.41, 5.74) is -0.949. The van der Waals surface area contributed by atoms with Crippen LogP contribution in [0.15, 0.2) is 30.4 Å². The van der Waals surface area contributed by atoms with Crippen molar-refractivity contribution in [2.45, 2.75) is 44.1 Å². The van der Waals surface area contributed by atoms with Gasteiger partial charge in [-0.05, 0) is 50.8 Å². The van der Waals surface area contributed by atoms with E-state index < -0.39 is 32.7 Å². The third-order valence-electron chi connectivity index (χ3n) is 5.43. The van der Waals surface area contributed by atoms with Crippen LogP contribution in [0.2, 0.25) is 0 Å². The topological polar surface area (TPSA) is 113 Å². The van der Waals surface area contributed by atoms with E-state index in [4.69, 9.17) is 4.74 Å². The van der Waals surface area contributed by atoms with E-state index in [1.807, 2.05) is 0 Å². The molecule has 0 radical (unpaired) electrons. The van der Waals surface area contributed by atoms with Crippen molar-refractivity contribution in [1.29, 1.82) is 0 Å². The van der Waals surface area contributed by atoms with Gasteiger partial charge in [0.15, 0.2) is 21.4 Å². The van der Waals surface area contributed by atoms with Crippen molar-refractivity contribution in [2.75, 3.05) is 31.2 Å². The van der Waals surface area contributed by atoms with Gasteiger partial charge in [-0.25, -0.2) is 17.6 Å². The Morgan fingerprint density at radius 2 is 2.00 bits per heavy atom. The van der Waals surface area contributed by atoms with Crippen LogP contribution in [0, 0.1) is 5.82 Å². The first kappa shape index (κ1) is 24.2. The number of carbonyl (C=O) groups is 2. The Morgan fingerprint density at radius 3 is 2.59 bits per heavy atom. The van der Waals surface area contributed by atoms with Crippen LogP contribution in [0.1, 0.15) is 38.7 Å². The number of hydrogen-bond acceptors (Lipinski definition) is 6. The number of ether oxygens (including phenoxy) is 1. The molecule has 3 rings (SSSR count). The zero-order valence-electron chi connectivity index (χ0n) is 18.3. The van der Waals surface area contributed by atoms with Gasteiger partial charge in [-0.15, -0.1) is 0 Å². The number of rotatable bonds is 11. The molecule has 1 saturated carbocycles. The zero-order valence-corrected chi connectivity index (χ0v) is 19.1. The number of nitrogens with one attached hydrogen (secondary N) is 1. The van der Waals surface area contributed by atoms with Crippen LogP contribution in [0.4, 0.5) is 9.18 Å². The summed E-state index contributed by atoms with van der Waals surface area (Å²) in [6, 6.07) is 3.94. The van der Waals surface area contributed by atoms with Crippen LogP contribution in [-0.2, 0) is 20.0 Å². The maximum Gasteiger partial charge on any atom is 0.324 e. The number of allylic oxidation sites excluding steroid dienone is 1. The Bertz CT molecular complexity index is 1010. The number of aliphatic hydroxyl groups is 1. The molecule has 1 aromatic carbocycles. The van der Waals surface area contributed by atoms with Gasteiger partial charge in [0.05, 0.1) is 17.1 Å². The summed E-state index contributed by atoms with van der Waals surface area (Å²) in [5, 5.41) is 12.0. The van der Waals surface area contributed by atoms with Crippen LogP contribution >= 0.6 is 0 Å². The fourth-order valence-electron chi connectivity index (χ4n) is 3.56. The highest BCUT2D eigenvalue weighted by atomic mass is 32.2. The monoisotopic (exact) mass is 468 g/mol. The van der Waals surface area contributed by atoms with E-state index >= 15 is 0 Å². The molecule has 1 aliphatic carbocycles. The molecule has 10 heteroatoms. The molecule has 1 heterocycles. The fraction of sp³-hybridized carbons (Fsp3) is 0.545. The minimum atomic E-state index is -3.38. The lowest BCUT2D eigenvalue weighted by atomic mass is 9.98. The highest BCUT2D eigenvalue weighted by Gasteiger charge is 2.47. The third-order valence-corrected chi connectivity index (χ3v) is 7.28. The number of carbonyl (C=O) groups excluding carboxylic acids is 2. The molecule has 2 N–H and O–H groups in total. The van der Waals surface area contributed by atoms with Crippen LogP contribution in [0.3, 0.4) is 0 Å². The Hall–Kier alpha value is -2.46. The molecule has 8 nitrogen and oxygen atoms in total. The maximum absolute atomic E-state index is 14.1. The van der Waals surface area contributed by atoms with Crippen molar-refractivity contribution >= 4 is 21.8 Å². The second-order valence-electron chi connectivity index (χ2n) is 9.11. The van der Waals surface area contributed by atoms with Crippen LogP contribution in [-0.4, -0.2) is 67.2 Å². The van der Waals surface area contributed by atoms with Gasteiger partial charge in [0.25, 0.3) is 0 Å². The van der Waals surface area contributed by atoms with E-state index in [-0.39, 0.29) is 42.9 Å². The van der Waals surface area contributed by atoms with Gasteiger partial charge in [-0.2, -0.15) is 0 Å². The average Bonchev–Trinajstić information content (AvgIpc) is 3.37. The molecular weight excluding hydrogens is 439 g/mol. The Kier molecular flexibility index (Phi) is 6.94. The number of nitrogens with zero attached hydrogens (tertiary/aromatic N) is 1. The summed E-state index contributed by atoms with van der Waals surface area (Å²) in [6.07, 6.45) is 5.04. The number of hydrogen-bond donors (Lipinski definition) is 2. The highest BCUT2D eigenvalue weighted by molar-refractivity contribution is 7.91. The minimum absolute atomic E-state index is 0.000614. The number of sulfone groups is 1. The van der Waals surface area contributed by atoms with Gasteiger partial charge >= 0.3 is 6.03 Å². The highest BCUT2D eigenvalue weighted by Crippen LogP contribution is 2.50. The summed E-state index contributed by atoms with van der Waals surface area (Å²) in [6.45, 7) is 3.27. The summed E-state index contributed by atoms with van der Waals surface area (Å²) in [5.74, 6) is -0.987. The second-order valence-corrected chi connectivity index (χ2v) is 11.3. The molecule has 1 aliphatic heterocycles. The molecule has 3 amide bonds. The van der Waals surface area contributed by atoms with Crippen molar-refractivity contribution in [2.24, 2.45) is 0 Å². The molecule has 0 aromatic heterocycles. The lowest BCUT2D eigenvalue weighted by molar-refractivity contribution is -0.118. The van der Waals surface area contributed by atoms with Crippen molar-refractivity contribution in [3.8, 4) is 5.75 Å². The number of imide groups is 1. The molecular formula is C22H29FN2O6S. The molecule has 0 bridgehead atoms. The minimum Gasteiger partial charge on any atom is -0.488 e. The zero-order chi connectivity index (χ0) is 23.6. The van der Waals surface area contributed by atoms with E-state index in [9.17, 15) is 27.5 Å². The summed E-state index contributed by atoms with van der Waals surface area (Å²) < 4.78 is 44.9. The van der Waals surface area contributed by atoms with Gasteiger partial charge in [-0.3, -0.25) is 10.1 Å². The van der Waals surface area contributed by atoms with Gasteiger partial charge in [0.2, 0.25) is 5.91 Å². The molecule has 176 valence electrons. The predicted molar refractivity (Wildman–Crippen MR) is 117 cm³/mol. The third kappa shape index (κ3) is 6.52. The Morgan fingerprint density at radius 1 is 1.28 bits per heavy atom. The number of halogens is 1. The summed E-state index contributed by atoms with van der Waals surface area (Å²) in [7, 11) is -3.38. The summed E-state index contributed by atoms with van der Waals surface area (Å²) >= 11 is 0. The van der Waals surface area contributed by atoms with E-state index in [1.165, 1.54) is 17.0 Å². The Balaban J connectivity index is 1.56. The Labute approximate surface area is 187 Å². The van der Waals surface area contributed by atoms with Crippen molar-refractivity contribution in [1.82, 2.24) is 10.2 Å². The first-order valence-corrected chi connectivity index (χ1v) is 12.3. The molecule has 1 saturated heterocycles. The number of benzene rings is 1. The van der Waals surface area contributed by atoms with Crippen LogP contribution < -0.4 is 10.1 Å². The van der Waals surface area contributed by atoms with Crippen LogP contribution in [0.5, 0.6) is 5.75 Å².